The van der Waals surface area contributed by atoms with Crippen molar-refractivity contribution >= 4 is 36.7 Å². The Morgan fingerprint density at radius 3 is 2.76 bits per heavy atom. The Bertz CT molecular complexity index is 420. The third-order valence-electron chi connectivity index (χ3n) is 3.38. The molecule has 1 aromatic rings. The average molecular weight is 336 g/mol. The number of nitrogens with two attached hydrogens (primary N) is 1. The number of nitrogens with zero attached hydrogens (tertiary/aromatic N) is 3. The molecule has 0 spiro atoms. The smallest absolute Gasteiger partial charge is 0.237 e. The number of carbonyl (C=O) groups excluding carboxylic acids is 1. The molecule has 2 atom stereocenters. The first-order valence-corrected chi connectivity index (χ1v) is 6.78. The molecular weight excluding hydrogens is 313 g/mol. The fraction of sp³-hybridized carbons (Fsp3) is 0.615. The van der Waals surface area contributed by atoms with Gasteiger partial charge in [-0.15, -0.1) is 24.8 Å². The van der Waals surface area contributed by atoms with Gasteiger partial charge in [0.1, 0.15) is 0 Å². The van der Waals surface area contributed by atoms with Crippen LogP contribution in [0, 0.1) is 0 Å². The van der Waals surface area contributed by atoms with Crippen molar-refractivity contribution in [3.63, 3.8) is 0 Å². The van der Waals surface area contributed by atoms with E-state index in [-0.39, 0.29) is 36.8 Å². The van der Waals surface area contributed by atoms with Crippen LogP contribution < -0.4 is 16.0 Å². The molecule has 0 aliphatic carbocycles. The van der Waals surface area contributed by atoms with Crippen molar-refractivity contribution in [2.45, 2.75) is 38.3 Å². The largest absolute Gasteiger partial charge is 0.350 e. The van der Waals surface area contributed by atoms with E-state index < -0.39 is 6.04 Å². The minimum Gasteiger partial charge on any atom is -0.350 e. The minimum absolute atomic E-state index is 0. The Morgan fingerprint density at radius 1 is 1.48 bits per heavy atom. The molecule has 1 aromatic heterocycles. The maximum atomic E-state index is 11.8. The van der Waals surface area contributed by atoms with Crippen molar-refractivity contribution in [1.82, 2.24) is 15.3 Å². The molecule has 1 aliphatic rings. The number of amides is 1. The molecule has 2 heterocycles. The van der Waals surface area contributed by atoms with Gasteiger partial charge < -0.3 is 16.0 Å². The molecule has 8 heteroatoms. The van der Waals surface area contributed by atoms with Crippen LogP contribution in [-0.2, 0) is 4.79 Å². The molecule has 1 aliphatic heterocycles. The van der Waals surface area contributed by atoms with Gasteiger partial charge >= 0.3 is 0 Å². The van der Waals surface area contributed by atoms with Gasteiger partial charge in [-0.2, -0.15) is 0 Å². The van der Waals surface area contributed by atoms with E-state index in [1.807, 2.05) is 6.92 Å². The second-order valence-electron chi connectivity index (χ2n) is 4.86. The van der Waals surface area contributed by atoms with Gasteiger partial charge in [-0.25, -0.2) is 9.97 Å². The second-order valence-corrected chi connectivity index (χ2v) is 4.86. The molecule has 0 aromatic carbocycles. The first-order chi connectivity index (χ1) is 9.20. The van der Waals surface area contributed by atoms with Crippen LogP contribution in [0.25, 0.3) is 0 Å². The van der Waals surface area contributed by atoms with E-state index in [1.54, 1.807) is 18.5 Å². The Hall–Kier alpha value is -1.11. The molecule has 21 heavy (non-hydrogen) atoms. The summed E-state index contributed by atoms with van der Waals surface area (Å²) in [7, 11) is 0. The molecule has 0 bridgehead atoms. The minimum atomic E-state index is -0.414. The first-order valence-electron chi connectivity index (χ1n) is 6.78. The average Bonchev–Trinajstić information content (AvgIpc) is 2.47. The second kappa shape index (κ2) is 9.76. The van der Waals surface area contributed by atoms with Gasteiger partial charge in [0.25, 0.3) is 0 Å². The zero-order chi connectivity index (χ0) is 13.7. The van der Waals surface area contributed by atoms with E-state index in [1.165, 1.54) is 0 Å². The van der Waals surface area contributed by atoms with Crippen LogP contribution in [0.2, 0.25) is 0 Å². The Balaban J connectivity index is 0.00000200. The molecular formula is C13H23Cl2N5O. The van der Waals surface area contributed by atoms with Crippen LogP contribution in [0.15, 0.2) is 18.5 Å². The lowest BCUT2D eigenvalue weighted by Gasteiger charge is -2.33. The molecule has 1 fully saturated rings. The summed E-state index contributed by atoms with van der Waals surface area (Å²) in [5.74, 6) is 0.657. The number of hydrogen-bond acceptors (Lipinski definition) is 5. The van der Waals surface area contributed by atoms with Crippen molar-refractivity contribution in [2.75, 3.05) is 18.0 Å². The monoisotopic (exact) mass is 335 g/mol. The van der Waals surface area contributed by atoms with E-state index in [0.717, 1.165) is 31.9 Å². The SMILES string of the molecule is CC[C@H](N)C(=O)NC1CCCN(c2ncccn2)C1.Cl.Cl. The number of piperidine rings is 1. The summed E-state index contributed by atoms with van der Waals surface area (Å²) in [5.41, 5.74) is 5.73. The van der Waals surface area contributed by atoms with Gasteiger partial charge in [0, 0.05) is 31.5 Å². The van der Waals surface area contributed by atoms with Gasteiger partial charge in [-0.3, -0.25) is 4.79 Å². The highest BCUT2D eigenvalue weighted by molar-refractivity contribution is 5.85. The summed E-state index contributed by atoms with van der Waals surface area (Å²) in [5, 5.41) is 3.01. The molecule has 120 valence electrons. The summed E-state index contributed by atoms with van der Waals surface area (Å²) >= 11 is 0. The van der Waals surface area contributed by atoms with Gasteiger partial charge in [-0.05, 0) is 25.3 Å². The lowest BCUT2D eigenvalue weighted by atomic mass is 10.1. The molecule has 1 unspecified atom stereocenters. The molecule has 0 saturated carbocycles. The van der Waals surface area contributed by atoms with Crippen LogP contribution in [0.1, 0.15) is 26.2 Å². The van der Waals surface area contributed by atoms with Crippen molar-refractivity contribution in [1.29, 1.82) is 0 Å². The topological polar surface area (TPSA) is 84.1 Å². The highest BCUT2D eigenvalue weighted by Crippen LogP contribution is 2.15. The molecule has 1 amide bonds. The van der Waals surface area contributed by atoms with Crippen LogP contribution in [0.4, 0.5) is 5.95 Å². The number of anilines is 1. The van der Waals surface area contributed by atoms with E-state index in [2.05, 4.69) is 20.2 Å². The molecule has 2 rings (SSSR count). The fourth-order valence-electron chi connectivity index (χ4n) is 2.22. The van der Waals surface area contributed by atoms with E-state index in [4.69, 9.17) is 5.73 Å². The molecule has 3 N–H and O–H groups in total. The number of halogens is 2. The molecule has 0 radical (unpaired) electrons. The van der Waals surface area contributed by atoms with E-state index in [0.29, 0.717) is 6.42 Å². The third-order valence-corrected chi connectivity index (χ3v) is 3.38. The number of aromatic nitrogens is 2. The summed E-state index contributed by atoms with van der Waals surface area (Å²) in [6, 6.07) is 1.51. The van der Waals surface area contributed by atoms with Gasteiger partial charge in [0.15, 0.2) is 0 Å². The van der Waals surface area contributed by atoms with Crippen molar-refractivity contribution in [3.05, 3.63) is 18.5 Å². The maximum Gasteiger partial charge on any atom is 0.237 e. The molecule has 6 nitrogen and oxygen atoms in total. The maximum absolute atomic E-state index is 11.8. The van der Waals surface area contributed by atoms with Crippen molar-refractivity contribution < 1.29 is 4.79 Å². The predicted molar refractivity (Wildman–Crippen MR) is 88.2 cm³/mol. The number of carbonyl (C=O) groups is 1. The lowest BCUT2D eigenvalue weighted by molar-refractivity contribution is -0.123. The first kappa shape index (κ1) is 19.9. The normalized spacial score (nSPS) is 19.0. The summed E-state index contributed by atoms with van der Waals surface area (Å²) in [4.78, 5) is 22.4. The Morgan fingerprint density at radius 2 is 2.14 bits per heavy atom. The van der Waals surface area contributed by atoms with Gasteiger partial charge in [0.2, 0.25) is 11.9 Å². The van der Waals surface area contributed by atoms with Crippen LogP contribution in [-0.4, -0.2) is 41.0 Å². The Labute approximate surface area is 137 Å². The Kier molecular flexibility index (Phi) is 9.24. The predicted octanol–water partition coefficient (Wildman–Crippen LogP) is 1.14. The highest BCUT2D eigenvalue weighted by Gasteiger charge is 2.24. The molecule has 1 saturated heterocycles. The van der Waals surface area contributed by atoms with Crippen molar-refractivity contribution in [2.24, 2.45) is 5.73 Å². The van der Waals surface area contributed by atoms with E-state index in [9.17, 15) is 4.79 Å². The summed E-state index contributed by atoms with van der Waals surface area (Å²) in [6.07, 6.45) is 6.12. The van der Waals surface area contributed by atoms with Crippen LogP contribution >= 0.6 is 24.8 Å². The van der Waals surface area contributed by atoms with Gasteiger partial charge in [0.05, 0.1) is 6.04 Å². The van der Waals surface area contributed by atoms with Crippen LogP contribution in [0.3, 0.4) is 0 Å². The number of rotatable bonds is 4. The standard InChI is InChI=1S/C13H21N5O.2ClH/c1-2-11(14)12(19)17-10-5-3-8-18(9-10)13-15-6-4-7-16-13;;/h4,6-7,10-11H,2-3,5,8-9,14H2,1H3,(H,17,19);2*1H/t10?,11-;;/m0../s1. The zero-order valence-electron chi connectivity index (χ0n) is 12.1. The lowest BCUT2D eigenvalue weighted by Crippen LogP contribution is -2.52. The van der Waals surface area contributed by atoms with Crippen molar-refractivity contribution in [3.8, 4) is 0 Å². The van der Waals surface area contributed by atoms with Gasteiger partial charge in [-0.1, -0.05) is 6.92 Å². The quantitative estimate of drug-likeness (QED) is 0.861. The number of nitrogens with one attached hydrogen (secondary N) is 1. The van der Waals surface area contributed by atoms with Crippen LogP contribution in [0.5, 0.6) is 0 Å². The fourth-order valence-corrected chi connectivity index (χ4v) is 2.22. The zero-order valence-corrected chi connectivity index (χ0v) is 13.7. The summed E-state index contributed by atoms with van der Waals surface area (Å²) < 4.78 is 0. The number of hydrogen-bond donors (Lipinski definition) is 2. The third kappa shape index (κ3) is 5.65. The highest BCUT2D eigenvalue weighted by atomic mass is 35.5. The van der Waals surface area contributed by atoms with E-state index >= 15 is 0 Å². The summed E-state index contributed by atoms with van der Waals surface area (Å²) in [6.45, 7) is 3.58.